The summed E-state index contributed by atoms with van der Waals surface area (Å²) in [5, 5.41) is 3.68. The van der Waals surface area contributed by atoms with Gasteiger partial charge in [0.15, 0.2) is 0 Å². The first-order chi connectivity index (χ1) is 7.31. The van der Waals surface area contributed by atoms with Crippen molar-refractivity contribution in [3.05, 3.63) is 0 Å². The Morgan fingerprint density at radius 2 is 2.20 bits per heavy atom. The van der Waals surface area contributed by atoms with E-state index in [9.17, 15) is 0 Å². The predicted molar refractivity (Wildman–Crippen MR) is 65.1 cm³/mol. The molecule has 1 N–H and O–H groups in total. The molecule has 0 amide bonds. The van der Waals surface area contributed by atoms with Crippen molar-refractivity contribution in [3.8, 4) is 0 Å². The van der Waals surface area contributed by atoms with Gasteiger partial charge in [0.1, 0.15) is 0 Å². The van der Waals surface area contributed by atoms with E-state index in [1.165, 1.54) is 51.7 Å². The van der Waals surface area contributed by atoms with E-state index in [-0.39, 0.29) is 0 Å². The Balaban J connectivity index is 1.75. The van der Waals surface area contributed by atoms with Crippen LogP contribution in [0, 0.1) is 5.92 Å². The van der Waals surface area contributed by atoms with Gasteiger partial charge in [-0.3, -0.25) is 4.90 Å². The van der Waals surface area contributed by atoms with Gasteiger partial charge in [0.25, 0.3) is 0 Å². The molecule has 2 fully saturated rings. The summed E-state index contributed by atoms with van der Waals surface area (Å²) < 4.78 is 0. The highest BCUT2D eigenvalue weighted by molar-refractivity contribution is 4.92. The summed E-state index contributed by atoms with van der Waals surface area (Å²) in [6.45, 7) is 8.46. The van der Waals surface area contributed by atoms with Crippen LogP contribution in [-0.4, -0.2) is 36.6 Å². The highest BCUT2D eigenvalue weighted by Gasteiger charge is 2.34. The van der Waals surface area contributed by atoms with E-state index in [1.54, 1.807) is 0 Å². The van der Waals surface area contributed by atoms with Gasteiger partial charge in [0.2, 0.25) is 0 Å². The zero-order valence-corrected chi connectivity index (χ0v) is 10.3. The van der Waals surface area contributed by atoms with Crippen LogP contribution in [0.5, 0.6) is 0 Å². The minimum atomic E-state index is 0.799. The van der Waals surface area contributed by atoms with Crippen molar-refractivity contribution in [3.63, 3.8) is 0 Å². The summed E-state index contributed by atoms with van der Waals surface area (Å²) in [6.07, 6.45) is 7.04. The van der Waals surface area contributed by atoms with Crippen LogP contribution in [0.3, 0.4) is 0 Å². The number of nitrogens with zero attached hydrogens (tertiary/aromatic N) is 1. The van der Waals surface area contributed by atoms with Crippen LogP contribution in [0.15, 0.2) is 0 Å². The van der Waals surface area contributed by atoms with Crippen molar-refractivity contribution in [2.45, 2.75) is 58.0 Å². The minimum absolute atomic E-state index is 0.799. The second kappa shape index (κ2) is 5.31. The number of hydrogen-bond donors (Lipinski definition) is 1. The van der Waals surface area contributed by atoms with Crippen molar-refractivity contribution >= 4 is 0 Å². The molecule has 15 heavy (non-hydrogen) atoms. The lowest BCUT2D eigenvalue weighted by molar-refractivity contribution is 0.137. The lowest BCUT2D eigenvalue weighted by Crippen LogP contribution is -2.54. The molecule has 0 bridgehead atoms. The first-order valence-corrected chi connectivity index (χ1v) is 6.78. The number of rotatable bonds is 5. The van der Waals surface area contributed by atoms with Gasteiger partial charge in [0.05, 0.1) is 0 Å². The summed E-state index contributed by atoms with van der Waals surface area (Å²) in [4.78, 5) is 2.70. The third-order valence-electron chi connectivity index (χ3n) is 4.03. The van der Waals surface area contributed by atoms with Gasteiger partial charge in [-0.25, -0.2) is 0 Å². The standard InChI is InChI=1S/C13H26N2/c1-3-4-5-11(2)15-9-8-14-13(10-15)12-6-7-12/h11-14H,3-10H2,1-2H3. The van der Waals surface area contributed by atoms with Gasteiger partial charge in [-0.2, -0.15) is 0 Å². The van der Waals surface area contributed by atoms with Gasteiger partial charge < -0.3 is 5.32 Å². The average molecular weight is 210 g/mol. The van der Waals surface area contributed by atoms with Crippen LogP contribution in [0.25, 0.3) is 0 Å². The number of nitrogens with one attached hydrogen (secondary N) is 1. The number of hydrogen-bond acceptors (Lipinski definition) is 2. The van der Waals surface area contributed by atoms with E-state index < -0.39 is 0 Å². The van der Waals surface area contributed by atoms with E-state index in [0.717, 1.165) is 18.0 Å². The van der Waals surface area contributed by atoms with Gasteiger partial charge in [0, 0.05) is 31.7 Å². The van der Waals surface area contributed by atoms with Crippen LogP contribution in [-0.2, 0) is 0 Å². The smallest absolute Gasteiger partial charge is 0.0223 e. The van der Waals surface area contributed by atoms with Crippen LogP contribution >= 0.6 is 0 Å². The van der Waals surface area contributed by atoms with E-state index in [0.29, 0.717) is 0 Å². The molecular weight excluding hydrogens is 184 g/mol. The van der Waals surface area contributed by atoms with Gasteiger partial charge in [-0.15, -0.1) is 0 Å². The van der Waals surface area contributed by atoms with Crippen molar-refractivity contribution in [2.24, 2.45) is 5.92 Å². The molecule has 1 heterocycles. The topological polar surface area (TPSA) is 15.3 Å². The summed E-state index contributed by atoms with van der Waals surface area (Å²) in [5.74, 6) is 1.01. The molecule has 2 rings (SSSR count). The molecule has 1 saturated heterocycles. The minimum Gasteiger partial charge on any atom is -0.311 e. The summed E-state index contributed by atoms with van der Waals surface area (Å²) >= 11 is 0. The van der Waals surface area contributed by atoms with Gasteiger partial charge >= 0.3 is 0 Å². The molecule has 1 saturated carbocycles. The number of unbranched alkanes of at least 4 members (excludes halogenated alkanes) is 1. The molecular formula is C13H26N2. The van der Waals surface area contributed by atoms with E-state index in [2.05, 4.69) is 24.1 Å². The Hall–Kier alpha value is -0.0800. The second-order valence-electron chi connectivity index (χ2n) is 5.38. The summed E-state index contributed by atoms with van der Waals surface area (Å²) in [6, 6.07) is 1.61. The maximum Gasteiger partial charge on any atom is 0.0223 e. The Bertz CT molecular complexity index is 189. The molecule has 0 aromatic rings. The quantitative estimate of drug-likeness (QED) is 0.749. The zero-order valence-electron chi connectivity index (χ0n) is 10.3. The highest BCUT2D eigenvalue weighted by atomic mass is 15.2. The Morgan fingerprint density at radius 3 is 2.87 bits per heavy atom. The fraction of sp³-hybridized carbons (Fsp3) is 1.00. The molecule has 2 heteroatoms. The van der Waals surface area contributed by atoms with Gasteiger partial charge in [-0.1, -0.05) is 19.8 Å². The molecule has 1 aliphatic carbocycles. The van der Waals surface area contributed by atoms with Crippen molar-refractivity contribution in [2.75, 3.05) is 19.6 Å². The van der Waals surface area contributed by atoms with Crippen LogP contribution in [0.2, 0.25) is 0 Å². The fourth-order valence-electron chi connectivity index (χ4n) is 2.70. The monoisotopic (exact) mass is 210 g/mol. The molecule has 1 aliphatic heterocycles. The summed E-state index contributed by atoms with van der Waals surface area (Å²) in [7, 11) is 0. The first kappa shape index (κ1) is 11.4. The molecule has 0 aromatic heterocycles. The van der Waals surface area contributed by atoms with Gasteiger partial charge in [-0.05, 0) is 32.1 Å². The van der Waals surface area contributed by atoms with Crippen LogP contribution in [0.4, 0.5) is 0 Å². The van der Waals surface area contributed by atoms with E-state index >= 15 is 0 Å². The lowest BCUT2D eigenvalue weighted by Gasteiger charge is -2.37. The molecule has 88 valence electrons. The molecule has 0 radical (unpaired) electrons. The van der Waals surface area contributed by atoms with Crippen molar-refractivity contribution in [1.82, 2.24) is 10.2 Å². The molecule has 2 atom stereocenters. The Kier molecular flexibility index (Phi) is 4.04. The molecule has 2 aliphatic rings. The average Bonchev–Trinajstić information content (AvgIpc) is 3.10. The molecule has 2 nitrogen and oxygen atoms in total. The Morgan fingerprint density at radius 1 is 1.40 bits per heavy atom. The van der Waals surface area contributed by atoms with E-state index in [4.69, 9.17) is 0 Å². The molecule has 0 spiro atoms. The molecule has 0 aromatic carbocycles. The third-order valence-corrected chi connectivity index (χ3v) is 4.03. The van der Waals surface area contributed by atoms with Crippen molar-refractivity contribution < 1.29 is 0 Å². The first-order valence-electron chi connectivity index (χ1n) is 6.78. The maximum absolute atomic E-state index is 3.68. The Labute approximate surface area is 94.4 Å². The van der Waals surface area contributed by atoms with Crippen LogP contribution < -0.4 is 5.32 Å². The predicted octanol–water partition coefficient (Wildman–Crippen LogP) is 2.25. The van der Waals surface area contributed by atoms with Crippen LogP contribution in [0.1, 0.15) is 46.0 Å². The maximum atomic E-state index is 3.68. The molecule has 2 unspecified atom stereocenters. The van der Waals surface area contributed by atoms with Crippen molar-refractivity contribution in [1.29, 1.82) is 0 Å². The lowest BCUT2D eigenvalue weighted by atomic mass is 10.1. The highest BCUT2D eigenvalue weighted by Crippen LogP contribution is 2.34. The fourth-order valence-corrected chi connectivity index (χ4v) is 2.70. The largest absolute Gasteiger partial charge is 0.311 e. The SMILES string of the molecule is CCCCC(C)N1CCNC(C2CC2)C1. The summed E-state index contributed by atoms with van der Waals surface area (Å²) in [5.41, 5.74) is 0. The zero-order chi connectivity index (χ0) is 10.7. The number of piperazine rings is 1. The normalized spacial score (nSPS) is 30.4. The van der Waals surface area contributed by atoms with E-state index in [1.807, 2.05) is 0 Å². The third kappa shape index (κ3) is 3.18. The second-order valence-corrected chi connectivity index (χ2v) is 5.38.